The Morgan fingerprint density at radius 1 is 1.11 bits per heavy atom. The van der Waals surface area contributed by atoms with Crippen LogP contribution in [0.25, 0.3) is 0 Å². The first kappa shape index (κ1) is 18.2. The third-order valence-corrected chi connectivity index (χ3v) is 2.87. The van der Waals surface area contributed by atoms with Gasteiger partial charge in [-0.05, 0) is 6.42 Å². The molecule has 0 aromatic rings. The second kappa shape index (κ2) is 10.1. The Balaban J connectivity index is 3.91. The SMILES string of the molecule is CCCCCCCCC(=O)N(CCN)CC(F)(F)F. The van der Waals surface area contributed by atoms with Gasteiger partial charge in [-0.3, -0.25) is 4.79 Å². The minimum atomic E-state index is -4.36. The monoisotopic (exact) mass is 282 g/mol. The number of carbonyl (C=O) groups excluding carboxylic acids is 1. The molecule has 0 aliphatic heterocycles. The molecular formula is C13H25F3N2O. The molecule has 0 radical (unpaired) electrons. The fraction of sp³-hybridized carbons (Fsp3) is 0.923. The Labute approximate surface area is 113 Å². The number of hydrogen-bond acceptors (Lipinski definition) is 2. The van der Waals surface area contributed by atoms with Crippen LogP contribution >= 0.6 is 0 Å². The molecule has 3 nitrogen and oxygen atoms in total. The Bertz CT molecular complexity index is 245. The summed E-state index contributed by atoms with van der Waals surface area (Å²) >= 11 is 0. The summed E-state index contributed by atoms with van der Waals surface area (Å²) in [6.07, 6.45) is 1.86. The fourth-order valence-electron chi connectivity index (χ4n) is 1.88. The third kappa shape index (κ3) is 10.8. The zero-order chi connectivity index (χ0) is 14.7. The van der Waals surface area contributed by atoms with Crippen LogP contribution in [0, 0.1) is 0 Å². The van der Waals surface area contributed by atoms with Gasteiger partial charge in [0.05, 0.1) is 0 Å². The summed E-state index contributed by atoms with van der Waals surface area (Å²) < 4.78 is 36.8. The maximum absolute atomic E-state index is 12.3. The number of halogens is 3. The lowest BCUT2D eigenvalue weighted by Crippen LogP contribution is -2.41. The van der Waals surface area contributed by atoms with Gasteiger partial charge in [-0.15, -0.1) is 0 Å². The summed E-state index contributed by atoms with van der Waals surface area (Å²) in [6, 6.07) is 0. The van der Waals surface area contributed by atoms with E-state index >= 15 is 0 Å². The first-order valence-electron chi connectivity index (χ1n) is 6.95. The van der Waals surface area contributed by atoms with E-state index in [1.807, 2.05) is 0 Å². The van der Waals surface area contributed by atoms with E-state index < -0.39 is 18.6 Å². The van der Waals surface area contributed by atoms with Crippen LogP contribution in [-0.4, -0.2) is 36.6 Å². The molecule has 19 heavy (non-hydrogen) atoms. The molecule has 6 heteroatoms. The highest BCUT2D eigenvalue weighted by molar-refractivity contribution is 5.76. The standard InChI is InChI=1S/C13H25F3N2O/c1-2-3-4-5-6-7-8-12(19)18(10-9-17)11-13(14,15)16/h2-11,17H2,1H3. The molecule has 0 aliphatic rings. The van der Waals surface area contributed by atoms with Crippen LogP contribution in [0.1, 0.15) is 51.9 Å². The van der Waals surface area contributed by atoms with Crippen LogP contribution in [0.15, 0.2) is 0 Å². The number of nitrogens with two attached hydrogens (primary N) is 1. The molecule has 0 spiro atoms. The van der Waals surface area contributed by atoms with Gasteiger partial charge < -0.3 is 10.6 Å². The zero-order valence-electron chi connectivity index (χ0n) is 11.6. The molecule has 0 bridgehead atoms. The van der Waals surface area contributed by atoms with Crippen molar-refractivity contribution in [2.24, 2.45) is 5.73 Å². The van der Waals surface area contributed by atoms with Crippen molar-refractivity contribution in [3.05, 3.63) is 0 Å². The van der Waals surface area contributed by atoms with Crippen LogP contribution in [0.2, 0.25) is 0 Å². The van der Waals surface area contributed by atoms with Gasteiger partial charge in [0.2, 0.25) is 5.91 Å². The number of alkyl halides is 3. The zero-order valence-corrected chi connectivity index (χ0v) is 11.6. The van der Waals surface area contributed by atoms with Gasteiger partial charge in [0.15, 0.2) is 0 Å². The van der Waals surface area contributed by atoms with Crippen LogP contribution in [0.3, 0.4) is 0 Å². The molecule has 2 N–H and O–H groups in total. The van der Waals surface area contributed by atoms with E-state index in [0.717, 1.165) is 30.6 Å². The van der Waals surface area contributed by atoms with E-state index in [9.17, 15) is 18.0 Å². The number of unbranched alkanes of at least 4 members (excludes halogenated alkanes) is 5. The summed E-state index contributed by atoms with van der Waals surface area (Å²) in [7, 11) is 0. The molecule has 1 amide bonds. The van der Waals surface area contributed by atoms with Crippen molar-refractivity contribution in [2.45, 2.75) is 58.0 Å². The van der Waals surface area contributed by atoms with E-state index in [4.69, 9.17) is 5.73 Å². The van der Waals surface area contributed by atoms with Crippen molar-refractivity contribution in [1.29, 1.82) is 0 Å². The lowest BCUT2D eigenvalue weighted by atomic mass is 10.1. The molecule has 0 unspecified atom stereocenters. The highest BCUT2D eigenvalue weighted by atomic mass is 19.4. The smallest absolute Gasteiger partial charge is 0.332 e. The molecule has 0 saturated carbocycles. The Morgan fingerprint density at radius 2 is 1.68 bits per heavy atom. The van der Waals surface area contributed by atoms with Crippen LogP contribution in [-0.2, 0) is 4.79 Å². The minimum Gasteiger partial charge on any atom is -0.332 e. The van der Waals surface area contributed by atoms with Gasteiger partial charge >= 0.3 is 6.18 Å². The number of rotatable bonds is 10. The Hall–Kier alpha value is -0.780. The molecule has 0 aromatic carbocycles. The average Bonchev–Trinajstić information content (AvgIpc) is 2.31. The molecule has 0 heterocycles. The lowest BCUT2D eigenvalue weighted by molar-refractivity contribution is -0.161. The van der Waals surface area contributed by atoms with Crippen molar-refractivity contribution in [1.82, 2.24) is 4.90 Å². The highest BCUT2D eigenvalue weighted by Gasteiger charge is 2.32. The molecule has 0 fully saturated rings. The summed E-state index contributed by atoms with van der Waals surface area (Å²) in [5, 5.41) is 0. The quantitative estimate of drug-likeness (QED) is 0.626. The maximum Gasteiger partial charge on any atom is 0.406 e. The van der Waals surface area contributed by atoms with Crippen molar-refractivity contribution >= 4 is 5.91 Å². The number of carbonyl (C=O) groups is 1. The van der Waals surface area contributed by atoms with E-state index in [1.165, 1.54) is 6.42 Å². The number of amides is 1. The topological polar surface area (TPSA) is 46.3 Å². The normalized spacial score (nSPS) is 11.6. The lowest BCUT2D eigenvalue weighted by Gasteiger charge is -2.23. The van der Waals surface area contributed by atoms with E-state index in [0.29, 0.717) is 6.42 Å². The molecule has 0 aromatic heterocycles. The van der Waals surface area contributed by atoms with Gasteiger partial charge in [0.25, 0.3) is 0 Å². The van der Waals surface area contributed by atoms with Crippen molar-refractivity contribution in [3.63, 3.8) is 0 Å². The van der Waals surface area contributed by atoms with Gasteiger partial charge in [-0.1, -0.05) is 39.0 Å². The molecule has 0 aliphatic carbocycles. The van der Waals surface area contributed by atoms with Crippen LogP contribution in [0.4, 0.5) is 13.2 Å². The largest absolute Gasteiger partial charge is 0.406 e. The minimum absolute atomic E-state index is 0.0336. The first-order valence-corrected chi connectivity index (χ1v) is 6.95. The number of nitrogens with zero attached hydrogens (tertiary/aromatic N) is 1. The molecule has 0 atom stereocenters. The highest BCUT2D eigenvalue weighted by Crippen LogP contribution is 2.17. The van der Waals surface area contributed by atoms with Gasteiger partial charge in [-0.25, -0.2) is 0 Å². The second-order valence-electron chi connectivity index (χ2n) is 4.74. The summed E-state index contributed by atoms with van der Waals surface area (Å²) in [5.74, 6) is -0.446. The van der Waals surface area contributed by atoms with Crippen LogP contribution < -0.4 is 5.73 Å². The predicted molar refractivity (Wildman–Crippen MR) is 69.7 cm³/mol. The predicted octanol–water partition coefficient (Wildman–Crippen LogP) is 3.09. The van der Waals surface area contributed by atoms with Crippen molar-refractivity contribution in [2.75, 3.05) is 19.6 Å². The van der Waals surface area contributed by atoms with Gasteiger partial charge in [0, 0.05) is 19.5 Å². The average molecular weight is 282 g/mol. The van der Waals surface area contributed by atoms with E-state index in [2.05, 4.69) is 6.92 Å². The molecule has 0 saturated heterocycles. The Morgan fingerprint density at radius 3 is 2.21 bits per heavy atom. The number of hydrogen-bond donors (Lipinski definition) is 1. The van der Waals surface area contributed by atoms with Crippen molar-refractivity contribution in [3.8, 4) is 0 Å². The summed E-state index contributed by atoms with van der Waals surface area (Å²) in [5.41, 5.74) is 5.23. The first-order chi connectivity index (χ1) is 8.90. The molecule has 114 valence electrons. The fourth-order valence-corrected chi connectivity index (χ4v) is 1.88. The van der Waals surface area contributed by atoms with Gasteiger partial charge in [0.1, 0.15) is 6.54 Å². The van der Waals surface area contributed by atoms with Crippen molar-refractivity contribution < 1.29 is 18.0 Å². The van der Waals surface area contributed by atoms with Gasteiger partial charge in [-0.2, -0.15) is 13.2 Å². The summed E-state index contributed by atoms with van der Waals surface area (Å²) in [4.78, 5) is 12.5. The molecular weight excluding hydrogens is 257 g/mol. The molecule has 0 rings (SSSR count). The maximum atomic E-state index is 12.3. The second-order valence-corrected chi connectivity index (χ2v) is 4.74. The van der Waals surface area contributed by atoms with E-state index in [1.54, 1.807) is 0 Å². The third-order valence-electron chi connectivity index (χ3n) is 2.87. The summed E-state index contributed by atoms with van der Waals surface area (Å²) in [6.45, 7) is 0.941. The Kier molecular flexibility index (Phi) is 9.65. The van der Waals surface area contributed by atoms with Crippen LogP contribution in [0.5, 0.6) is 0 Å². The van der Waals surface area contributed by atoms with E-state index in [-0.39, 0.29) is 19.5 Å².